The molecule has 2 aromatic heterocycles. The van der Waals surface area contributed by atoms with Gasteiger partial charge in [0.2, 0.25) is 4.77 Å². The summed E-state index contributed by atoms with van der Waals surface area (Å²) in [5, 5.41) is 4.09. The smallest absolute Gasteiger partial charge is 0.275 e. The molecule has 0 aromatic carbocycles. The number of nitrogens with two attached hydrogens (primary N) is 1. The van der Waals surface area contributed by atoms with Gasteiger partial charge in [-0.25, -0.2) is 4.98 Å². The lowest BCUT2D eigenvalue weighted by molar-refractivity contribution is 0.675. The van der Waals surface area contributed by atoms with E-state index in [1.54, 1.807) is 17.6 Å². The second kappa shape index (κ2) is 3.67. The summed E-state index contributed by atoms with van der Waals surface area (Å²) in [6.07, 6.45) is 0. The Morgan fingerprint density at radius 2 is 2.25 bits per heavy atom. The molecule has 2 rings (SSSR count). The summed E-state index contributed by atoms with van der Waals surface area (Å²) in [6.45, 7) is 4.05. The highest BCUT2D eigenvalue weighted by atomic mass is 32.1. The first-order chi connectivity index (χ1) is 7.54. The van der Waals surface area contributed by atoms with E-state index in [9.17, 15) is 4.79 Å². The number of aromatic nitrogens is 4. The third kappa shape index (κ3) is 1.49. The van der Waals surface area contributed by atoms with Gasteiger partial charge in [-0.1, -0.05) is 0 Å². The molecular formula is C9H11N5OS. The Hall–Kier alpha value is -1.76. The van der Waals surface area contributed by atoms with Crippen LogP contribution in [0.4, 0.5) is 5.82 Å². The number of nitrogens with zero attached hydrogens (tertiary/aromatic N) is 4. The van der Waals surface area contributed by atoms with Crippen LogP contribution in [0, 0.1) is 11.7 Å². The standard InChI is InChI=1S/C9H11N5OS/c1-3-13-7-4-6(10)11-9(16)14(7)12-5(2)8(13)15/h4H,3H2,1-2H3,(H2,10,11,16). The summed E-state index contributed by atoms with van der Waals surface area (Å²) < 4.78 is 3.27. The molecule has 2 aromatic rings. The van der Waals surface area contributed by atoms with Gasteiger partial charge in [-0.2, -0.15) is 9.61 Å². The molecule has 0 radical (unpaired) electrons. The minimum Gasteiger partial charge on any atom is -0.383 e. The van der Waals surface area contributed by atoms with Gasteiger partial charge >= 0.3 is 0 Å². The SMILES string of the molecule is CCn1c(=O)c(C)nn2c(=S)nc(N)cc12. The van der Waals surface area contributed by atoms with E-state index in [0.29, 0.717) is 17.9 Å². The average Bonchev–Trinajstić information content (AvgIpc) is 2.22. The fraction of sp³-hybridized carbons (Fsp3) is 0.333. The van der Waals surface area contributed by atoms with Crippen molar-refractivity contribution >= 4 is 23.7 Å². The summed E-state index contributed by atoms with van der Waals surface area (Å²) in [6, 6.07) is 1.59. The predicted molar refractivity (Wildman–Crippen MR) is 62.9 cm³/mol. The Bertz CT molecular complexity index is 672. The predicted octanol–water partition coefficient (Wildman–Crippen LogP) is 0.531. The van der Waals surface area contributed by atoms with E-state index in [0.717, 1.165) is 0 Å². The topological polar surface area (TPSA) is 78.2 Å². The molecule has 0 aliphatic rings. The van der Waals surface area contributed by atoms with Gasteiger partial charge < -0.3 is 5.73 Å². The van der Waals surface area contributed by atoms with Gasteiger partial charge in [0.25, 0.3) is 5.56 Å². The van der Waals surface area contributed by atoms with Crippen molar-refractivity contribution in [1.82, 2.24) is 19.2 Å². The average molecular weight is 237 g/mol. The Morgan fingerprint density at radius 1 is 1.56 bits per heavy atom. The van der Waals surface area contributed by atoms with Crippen LogP contribution in [0.25, 0.3) is 5.65 Å². The van der Waals surface area contributed by atoms with Crippen LogP contribution in [0.1, 0.15) is 12.6 Å². The second-order valence-electron chi connectivity index (χ2n) is 3.37. The maximum atomic E-state index is 11.8. The van der Waals surface area contributed by atoms with Gasteiger partial charge in [-0.05, 0) is 26.1 Å². The van der Waals surface area contributed by atoms with Gasteiger partial charge in [0, 0.05) is 12.6 Å². The Morgan fingerprint density at radius 3 is 2.88 bits per heavy atom. The van der Waals surface area contributed by atoms with Gasteiger partial charge in [0.15, 0.2) is 0 Å². The molecule has 0 saturated heterocycles. The molecule has 6 nitrogen and oxygen atoms in total. The number of rotatable bonds is 1. The van der Waals surface area contributed by atoms with Gasteiger partial charge in [-0.3, -0.25) is 9.36 Å². The minimum atomic E-state index is -0.137. The van der Waals surface area contributed by atoms with Crippen molar-refractivity contribution in [2.45, 2.75) is 20.4 Å². The van der Waals surface area contributed by atoms with Crippen LogP contribution < -0.4 is 11.3 Å². The number of nitrogen functional groups attached to an aromatic ring is 1. The van der Waals surface area contributed by atoms with E-state index in [1.165, 1.54) is 4.52 Å². The van der Waals surface area contributed by atoms with E-state index < -0.39 is 0 Å². The molecule has 0 atom stereocenters. The molecule has 0 amide bonds. The van der Waals surface area contributed by atoms with Gasteiger partial charge in [0.1, 0.15) is 17.2 Å². The lowest BCUT2D eigenvalue weighted by Gasteiger charge is -2.09. The molecule has 0 aliphatic carbocycles. The van der Waals surface area contributed by atoms with Crippen molar-refractivity contribution in [2.75, 3.05) is 5.73 Å². The van der Waals surface area contributed by atoms with Crippen LogP contribution in [0.2, 0.25) is 0 Å². The zero-order chi connectivity index (χ0) is 11.9. The molecular weight excluding hydrogens is 226 g/mol. The number of anilines is 1. The lowest BCUT2D eigenvalue weighted by Crippen LogP contribution is -2.27. The summed E-state index contributed by atoms with van der Waals surface area (Å²) in [4.78, 5) is 15.8. The molecule has 0 aliphatic heterocycles. The van der Waals surface area contributed by atoms with E-state index in [-0.39, 0.29) is 16.1 Å². The number of aryl methyl sites for hydroxylation is 2. The highest BCUT2D eigenvalue weighted by Crippen LogP contribution is 2.05. The molecule has 0 bridgehead atoms. The summed E-state index contributed by atoms with van der Waals surface area (Å²) in [5.74, 6) is 0.289. The zero-order valence-electron chi connectivity index (χ0n) is 8.97. The van der Waals surface area contributed by atoms with Crippen molar-refractivity contribution in [1.29, 1.82) is 0 Å². The molecule has 0 fully saturated rings. The highest BCUT2D eigenvalue weighted by Gasteiger charge is 2.07. The van der Waals surface area contributed by atoms with E-state index in [4.69, 9.17) is 18.0 Å². The van der Waals surface area contributed by atoms with E-state index >= 15 is 0 Å². The third-order valence-electron chi connectivity index (χ3n) is 2.30. The maximum Gasteiger partial charge on any atom is 0.275 e. The molecule has 7 heteroatoms. The number of fused-ring (bicyclic) bond motifs is 1. The first-order valence-electron chi connectivity index (χ1n) is 4.81. The van der Waals surface area contributed by atoms with Crippen LogP contribution >= 0.6 is 12.2 Å². The maximum absolute atomic E-state index is 11.8. The molecule has 2 heterocycles. The second-order valence-corrected chi connectivity index (χ2v) is 3.73. The molecule has 0 unspecified atom stereocenters. The Balaban J connectivity index is 3.09. The molecule has 0 saturated carbocycles. The fourth-order valence-electron chi connectivity index (χ4n) is 1.57. The monoisotopic (exact) mass is 237 g/mol. The van der Waals surface area contributed by atoms with Crippen molar-refractivity contribution in [2.24, 2.45) is 0 Å². The molecule has 84 valence electrons. The van der Waals surface area contributed by atoms with Crippen molar-refractivity contribution in [3.05, 3.63) is 26.9 Å². The summed E-state index contributed by atoms with van der Waals surface area (Å²) in [5.41, 5.74) is 6.42. The first kappa shape index (κ1) is 10.7. The van der Waals surface area contributed by atoms with Crippen LogP contribution in [0.15, 0.2) is 10.9 Å². The van der Waals surface area contributed by atoms with Crippen LogP contribution in [-0.2, 0) is 6.54 Å². The quantitative estimate of drug-likeness (QED) is 0.732. The Kier molecular flexibility index (Phi) is 2.47. The minimum absolute atomic E-state index is 0.137. The van der Waals surface area contributed by atoms with Crippen molar-refractivity contribution < 1.29 is 0 Å². The number of hydrogen-bond donors (Lipinski definition) is 1. The molecule has 2 N–H and O–H groups in total. The van der Waals surface area contributed by atoms with Crippen LogP contribution in [-0.4, -0.2) is 19.2 Å². The highest BCUT2D eigenvalue weighted by molar-refractivity contribution is 7.71. The van der Waals surface area contributed by atoms with Crippen LogP contribution in [0.3, 0.4) is 0 Å². The zero-order valence-corrected chi connectivity index (χ0v) is 9.78. The lowest BCUT2D eigenvalue weighted by atomic mass is 10.4. The van der Waals surface area contributed by atoms with Crippen molar-refractivity contribution in [3.8, 4) is 0 Å². The van der Waals surface area contributed by atoms with E-state index in [2.05, 4.69) is 10.1 Å². The molecule has 0 spiro atoms. The fourth-order valence-corrected chi connectivity index (χ4v) is 1.81. The molecule has 16 heavy (non-hydrogen) atoms. The summed E-state index contributed by atoms with van der Waals surface area (Å²) >= 11 is 5.05. The van der Waals surface area contributed by atoms with Gasteiger partial charge in [-0.15, -0.1) is 0 Å². The largest absolute Gasteiger partial charge is 0.383 e. The van der Waals surface area contributed by atoms with Gasteiger partial charge in [0.05, 0.1) is 0 Å². The van der Waals surface area contributed by atoms with Crippen LogP contribution in [0.5, 0.6) is 0 Å². The van der Waals surface area contributed by atoms with Crippen molar-refractivity contribution in [3.63, 3.8) is 0 Å². The Labute approximate surface area is 96.4 Å². The third-order valence-corrected chi connectivity index (χ3v) is 2.56. The first-order valence-corrected chi connectivity index (χ1v) is 5.22. The summed E-state index contributed by atoms with van der Waals surface area (Å²) in [7, 11) is 0. The number of hydrogen-bond acceptors (Lipinski definition) is 5. The van der Waals surface area contributed by atoms with E-state index in [1.807, 2.05) is 6.92 Å². The normalized spacial score (nSPS) is 10.9.